The number of carbonyl (C=O) groups is 2. The number of hydrogen-bond acceptors (Lipinski definition) is 8. The van der Waals surface area contributed by atoms with E-state index in [2.05, 4.69) is 26.0 Å². The summed E-state index contributed by atoms with van der Waals surface area (Å²) in [7, 11) is -4.38. The summed E-state index contributed by atoms with van der Waals surface area (Å²) >= 11 is 0. The van der Waals surface area contributed by atoms with Crippen LogP contribution in [0, 0.1) is 0 Å². The van der Waals surface area contributed by atoms with E-state index in [9.17, 15) is 19.0 Å². The van der Waals surface area contributed by atoms with Crippen molar-refractivity contribution in [3.8, 4) is 0 Å². The minimum absolute atomic E-state index is 0.0570. The van der Waals surface area contributed by atoms with E-state index in [-0.39, 0.29) is 38.6 Å². The van der Waals surface area contributed by atoms with Crippen LogP contribution in [0.25, 0.3) is 0 Å². The van der Waals surface area contributed by atoms with Gasteiger partial charge in [0.15, 0.2) is 6.10 Å². The monoisotopic (exact) mass is 928 g/mol. The molecule has 0 radical (unpaired) electrons. The van der Waals surface area contributed by atoms with Crippen molar-refractivity contribution in [2.24, 2.45) is 5.73 Å². The van der Waals surface area contributed by atoms with Crippen molar-refractivity contribution in [1.82, 2.24) is 0 Å². The number of phosphoric acid groups is 1. The second kappa shape index (κ2) is 51.1. The topological polar surface area (TPSA) is 134 Å². The van der Waals surface area contributed by atoms with E-state index in [0.29, 0.717) is 6.42 Å². The van der Waals surface area contributed by atoms with Crippen LogP contribution < -0.4 is 5.73 Å². The average Bonchev–Trinajstić information content (AvgIpc) is 3.28. The van der Waals surface area contributed by atoms with Crippen molar-refractivity contribution in [2.75, 3.05) is 26.4 Å². The molecule has 0 saturated carbocycles. The van der Waals surface area contributed by atoms with E-state index in [1.807, 2.05) is 0 Å². The van der Waals surface area contributed by atoms with Crippen molar-refractivity contribution in [3.63, 3.8) is 0 Å². The Morgan fingerprint density at radius 3 is 1.11 bits per heavy atom. The molecule has 0 rings (SSSR count). The third-order valence-electron chi connectivity index (χ3n) is 12.4. The number of carbonyl (C=O) groups excluding carboxylic acids is 2. The SMILES string of the molecule is CCCCCCCCCC/C=C\CCCCCCCCCCCCCCCC(=O)OC(COC(=O)CCCCCCCCCCCCCCCCCCCC)COP(=O)(O)OCCN. The second-order valence-corrected chi connectivity index (χ2v) is 20.3. The van der Waals surface area contributed by atoms with Crippen molar-refractivity contribution in [3.05, 3.63) is 12.2 Å². The zero-order valence-corrected chi connectivity index (χ0v) is 43.2. The van der Waals surface area contributed by atoms with E-state index in [1.54, 1.807) is 0 Å². The number of allylic oxidation sites excluding steroid dienone is 2. The van der Waals surface area contributed by atoms with Gasteiger partial charge in [-0.25, -0.2) is 4.57 Å². The summed E-state index contributed by atoms with van der Waals surface area (Å²) in [5.74, 6) is -0.809. The predicted octanol–water partition coefficient (Wildman–Crippen LogP) is 16.9. The van der Waals surface area contributed by atoms with E-state index < -0.39 is 26.5 Å². The number of ether oxygens (including phenoxy) is 2. The average molecular weight is 928 g/mol. The van der Waals surface area contributed by atoms with Crippen LogP contribution in [-0.2, 0) is 32.7 Å². The molecule has 0 aromatic carbocycles. The Labute approximate surface area is 396 Å². The Morgan fingerprint density at radius 1 is 0.453 bits per heavy atom. The Bertz CT molecular complexity index is 1060. The molecule has 9 nitrogen and oxygen atoms in total. The molecule has 0 aromatic heterocycles. The summed E-state index contributed by atoms with van der Waals surface area (Å²) < 4.78 is 33.0. The van der Waals surface area contributed by atoms with Crippen LogP contribution >= 0.6 is 7.82 Å². The fourth-order valence-electron chi connectivity index (χ4n) is 8.28. The molecule has 64 heavy (non-hydrogen) atoms. The molecule has 2 atom stereocenters. The molecule has 10 heteroatoms. The highest BCUT2D eigenvalue weighted by Crippen LogP contribution is 2.43. The van der Waals surface area contributed by atoms with Gasteiger partial charge < -0.3 is 20.1 Å². The van der Waals surface area contributed by atoms with Gasteiger partial charge in [-0.15, -0.1) is 0 Å². The lowest BCUT2D eigenvalue weighted by Crippen LogP contribution is -2.29. The molecular weight excluding hydrogens is 822 g/mol. The van der Waals surface area contributed by atoms with Gasteiger partial charge in [0, 0.05) is 19.4 Å². The molecule has 0 bridgehead atoms. The smallest absolute Gasteiger partial charge is 0.462 e. The van der Waals surface area contributed by atoms with Crippen LogP contribution in [0.1, 0.15) is 290 Å². The summed E-state index contributed by atoms with van der Waals surface area (Å²) in [6.45, 7) is 3.80. The van der Waals surface area contributed by atoms with Crippen LogP contribution in [0.4, 0.5) is 0 Å². The maximum atomic E-state index is 12.7. The minimum atomic E-state index is -4.38. The molecule has 0 fully saturated rings. The van der Waals surface area contributed by atoms with Crippen molar-refractivity contribution >= 4 is 19.8 Å². The number of phosphoric ester groups is 1. The summed E-state index contributed by atoms with van der Waals surface area (Å²) in [4.78, 5) is 35.1. The van der Waals surface area contributed by atoms with Crippen LogP contribution in [0.3, 0.4) is 0 Å². The molecule has 0 spiro atoms. The van der Waals surface area contributed by atoms with Gasteiger partial charge in [0.05, 0.1) is 13.2 Å². The molecular formula is C54H106NO8P. The fourth-order valence-corrected chi connectivity index (χ4v) is 9.05. The van der Waals surface area contributed by atoms with Crippen molar-refractivity contribution in [2.45, 2.75) is 296 Å². The van der Waals surface area contributed by atoms with E-state index in [1.165, 1.54) is 225 Å². The Morgan fingerprint density at radius 2 is 0.766 bits per heavy atom. The van der Waals surface area contributed by atoms with Gasteiger partial charge in [-0.3, -0.25) is 18.6 Å². The highest BCUT2D eigenvalue weighted by atomic mass is 31.2. The van der Waals surface area contributed by atoms with Gasteiger partial charge in [-0.1, -0.05) is 251 Å². The maximum Gasteiger partial charge on any atom is 0.472 e. The molecule has 0 heterocycles. The molecule has 0 aliphatic carbocycles. The number of rotatable bonds is 53. The molecule has 0 aliphatic heterocycles. The quantitative estimate of drug-likeness (QED) is 0.0265. The van der Waals surface area contributed by atoms with Gasteiger partial charge >= 0.3 is 19.8 Å². The Hall–Kier alpha value is -1.25. The van der Waals surface area contributed by atoms with Crippen LogP contribution in [-0.4, -0.2) is 49.3 Å². The van der Waals surface area contributed by atoms with Crippen molar-refractivity contribution < 1.29 is 37.6 Å². The molecule has 2 unspecified atom stereocenters. The summed E-state index contributed by atoms with van der Waals surface area (Å²) in [6, 6.07) is 0. The van der Waals surface area contributed by atoms with Gasteiger partial charge in [-0.2, -0.15) is 0 Å². The van der Waals surface area contributed by atoms with Gasteiger partial charge in [0.25, 0.3) is 0 Å². The summed E-state index contributed by atoms with van der Waals surface area (Å²) in [5, 5.41) is 0. The van der Waals surface area contributed by atoms with Crippen LogP contribution in [0.2, 0.25) is 0 Å². The number of nitrogens with two attached hydrogens (primary N) is 1. The Balaban J connectivity index is 3.95. The van der Waals surface area contributed by atoms with E-state index >= 15 is 0 Å². The predicted molar refractivity (Wildman–Crippen MR) is 271 cm³/mol. The first-order valence-electron chi connectivity index (χ1n) is 27.7. The van der Waals surface area contributed by atoms with Gasteiger partial charge in [0.1, 0.15) is 6.61 Å². The lowest BCUT2D eigenvalue weighted by molar-refractivity contribution is -0.161. The zero-order valence-electron chi connectivity index (χ0n) is 42.3. The molecule has 0 amide bonds. The van der Waals surface area contributed by atoms with Crippen LogP contribution in [0.15, 0.2) is 12.2 Å². The lowest BCUT2D eigenvalue weighted by Gasteiger charge is -2.19. The maximum absolute atomic E-state index is 12.7. The third kappa shape index (κ3) is 50.2. The highest BCUT2D eigenvalue weighted by molar-refractivity contribution is 7.47. The largest absolute Gasteiger partial charge is 0.472 e. The van der Waals surface area contributed by atoms with Crippen molar-refractivity contribution in [1.29, 1.82) is 0 Å². The highest BCUT2D eigenvalue weighted by Gasteiger charge is 2.26. The first kappa shape index (κ1) is 62.8. The van der Waals surface area contributed by atoms with E-state index in [4.69, 9.17) is 24.3 Å². The van der Waals surface area contributed by atoms with Gasteiger partial charge in [-0.05, 0) is 38.5 Å². The Kier molecular flexibility index (Phi) is 50.1. The first-order chi connectivity index (χ1) is 31.3. The molecule has 3 N–H and O–H groups in total. The van der Waals surface area contributed by atoms with Gasteiger partial charge in [0.2, 0.25) is 0 Å². The molecule has 0 aliphatic rings. The van der Waals surface area contributed by atoms with Crippen LogP contribution in [0.5, 0.6) is 0 Å². The van der Waals surface area contributed by atoms with E-state index in [0.717, 1.165) is 32.1 Å². The number of unbranched alkanes of at least 4 members (excludes halogenated alkanes) is 38. The number of hydrogen-bond donors (Lipinski definition) is 2. The third-order valence-corrected chi connectivity index (χ3v) is 13.4. The first-order valence-corrected chi connectivity index (χ1v) is 29.2. The normalized spacial score (nSPS) is 13.1. The minimum Gasteiger partial charge on any atom is -0.462 e. The lowest BCUT2D eigenvalue weighted by atomic mass is 10.0. The standard InChI is InChI=1S/C54H106NO8P/c1-3-5-7-9-11-13-15-17-19-21-23-24-25-26-27-28-29-31-33-35-37-39-41-43-45-47-54(57)63-52(51-62-64(58,59)61-49-48-55)50-60-53(56)46-44-42-40-38-36-34-32-30-22-20-18-16-14-12-10-8-6-4-2/h21,23,52H,3-20,22,24-51,55H2,1-2H3,(H,58,59)/b23-21-. The fraction of sp³-hybridized carbons (Fsp3) is 0.926. The summed E-state index contributed by atoms with van der Waals surface area (Å²) in [5.41, 5.74) is 5.38. The molecule has 380 valence electrons. The summed E-state index contributed by atoms with van der Waals surface area (Å²) in [6.07, 6.45) is 56.9. The number of esters is 2. The second-order valence-electron chi connectivity index (χ2n) is 18.8. The zero-order chi connectivity index (χ0) is 46.7. The molecule has 0 saturated heterocycles. The molecule has 0 aromatic rings.